The van der Waals surface area contributed by atoms with E-state index in [4.69, 9.17) is 5.73 Å². The highest BCUT2D eigenvalue weighted by Crippen LogP contribution is 2.00. The van der Waals surface area contributed by atoms with Crippen molar-refractivity contribution < 1.29 is 5.11 Å². The molecule has 2 heteroatoms. The van der Waals surface area contributed by atoms with Crippen molar-refractivity contribution in [1.29, 1.82) is 0 Å². The molecule has 2 unspecified atom stereocenters. The van der Waals surface area contributed by atoms with E-state index < -0.39 is 6.10 Å². The lowest BCUT2D eigenvalue weighted by Gasteiger charge is -2.10. The average molecular weight is 275 g/mol. The lowest BCUT2D eigenvalue weighted by molar-refractivity contribution is 0.154. The third-order valence-corrected chi connectivity index (χ3v) is 2.80. The number of hydrogen-bond acceptors (Lipinski definition) is 2. The van der Waals surface area contributed by atoms with Crippen molar-refractivity contribution in [2.24, 2.45) is 5.73 Å². The zero-order valence-corrected chi connectivity index (χ0v) is 12.6. The van der Waals surface area contributed by atoms with Crippen molar-refractivity contribution in [2.45, 2.75) is 51.2 Å². The molecule has 20 heavy (non-hydrogen) atoms. The van der Waals surface area contributed by atoms with Crippen LogP contribution in [0.5, 0.6) is 0 Å². The van der Waals surface area contributed by atoms with Crippen LogP contribution < -0.4 is 5.73 Å². The van der Waals surface area contributed by atoms with E-state index in [1.54, 1.807) is 6.08 Å². The van der Waals surface area contributed by atoms with E-state index in [-0.39, 0.29) is 6.04 Å². The Hall–Kier alpha value is -1.38. The predicted molar refractivity (Wildman–Crippen MR) is 89.5 cm³/mol. The normalized spacial score (nSPS) is 15.8. The SMILES string of the molecule is C=CC=CCC=CCC=CCCC=CCC(O)C(C)N. The summed E-state index contributed by atoms with van der Waals surface area (Å²) in [6.45, 7) is 5.44. The van der Waals surface area contributed by atoms with Crippen LogP contribution in [0.1, 0.15) is 39.0 Å². The zero-order valence-electron chi connectivity index (χ0n) is 12.6. The van der Waals surface area contributed by atoms with Gasteiger partial charge in [-0.2, -0.15) is 0 Å². The van der Waals surface area contributed by atoms with E-state index in [2.05, 4.69) is 43.0 Å². The standard InChI is InChI=1S/C18H29NO/c1-3-4-5-6-7-8-9-10-11-12-13-14-15-16-18(20)17(2)19/h3-5,7-8,10-11,14-15,17-18,20H,1,6,9,12-13,16,19H2,2H3. The Morgan fingerprint density at radius 2 is 1.50 bits per heavy atom. The number of allylic oxidation sites excluding steroid dienone is 8. The first kappa shape index (κ1) is 18.6. The molecule has 2 nitrogen and oxygen atoms in total. The van der Waals surface area contributed by atoms with Crippen LogP contribution in [0.4, 0.5) is 0 Å². The molecule has 0 heterocycles. The average Bonchev–Trinajstić information content (AvgIpc) is 2.43. The van der Waals surface area contributed by atoms with Gasteiger partial charge in [-0.1, -0.05) is 61.3 Å². The summed E-state index contributed by atoms with van der Waals surface area (Å²) in [6.07, 6.45) is 22.8. The van der Waals surface area contributed by atoms with Crippen molar-refractivity contribution >= 4 is 0 Å². The molecule has 0 bridgehead atoms. The van der Waals surface area contributed by atoms with E-state index in [1.165, 1.54) is 0 Å². The molecular weight excluding hydrogens is 246 g/mol. The van der Waals surface area contributed by atoms with Gasteiger partial charge in [0.1, 0.15) is 0 Å². The molecule has 0 aromatic rings. The Morgan fingerprint density at radius 1 is 0.950 bits per heavy atom. The molecule has 0 spiro atoms. The molecule has 0 aliphatic heterocycles. The van der Waals surface area contributed by atoms with Gasteiger partial charge in [0.15, 0.2) is 0 Å². The third kappa shape index (κ3) is 13.1. The summed E-state index contributed by atoms with van der Waals surface area (Å²) in [7, 11) is 0. The second-order valence-electron chi connectivity index (χ2n) is 4.79. The molecule has 0 aromatic heterocycles. The van der Waals surface area contributed by atoms with Crippen LogP contribution in [0.15, 0.2) is 61.3 Å². The van der Waals surface area contributed by atoms with E-state index >= 15 is 0 Å². The van der Waals surface area contributed by atoms with Gasteiger partial charge in [-0.15, -0.1) is 0 Å². The molecule has 0 saturated carbocycles. The first-order valence-electron chi connectivity index (χ1n) is 7.34. The highest BCUT2D eigenvalue weighted by atomic mass is 16.3. The predicted octanol–water partition coefficient (Wildman–Crippen LogP) is 4.06. The monoisotopic (exact) mass is 275 g/mol. The number of aliphatic hydroxyl groups is 1. The Labute approximate surface area is 124 Å². The number of aliphatic hydroxyl groups excluding tert-OH is 1. The summed E-state index contributed by atoms with van der Waals surface area (Å²) in [5.74, 6) is 0. The van der Waals surface area contributed by atoms with Crippen LogP contribution in [-0.2, 0) is 0 Å². The Bertz CT molecular complexity index is 337. The van der Waals surface area contributed by atoms with E-state index in [9.17, 15) is 5.11 Å². The molecule has 0 aromatic carbocycles. The van der Waals surface area contributed by atoms with E-state index in [0.717, 1.165) is 25.7 Å². The number of unbranched alkanes of at least 4 members (excludes halogenated alkanes) is 1. The summed E-state index contributed by atoms with van der Waals surface area (Å²) >= 11 is 0. The maximum atomic E-state index is 9.50. The summed E-state index contributed by atoms with van der Waals surface area (Å²) in [5, 5.41) is 9.50. The molecule has 0 amide bonds. The van der Waals surface area contributed by atoms with Crippen LogP contribution in [0.25, 0.3) is 0 Å². The summed E-state index contributed by atoms with van der Waals surface area (Å²) in [5.41, 5.74) is 5.57. The van der Waals surface area contributed by atoms with Gasteiger partial charge < -0.3 is 10.8 Å². The smallest absolute Gasteiger partial charge is 0.0722 e. The van der Waals surface area contributed by atoms with Gasteiger partial charge in [0.25, 0.3) is 0 Å². The summed E-state index contributed by atoms with van der Waals surface area (Å²) in [6, 6.07) is -0.160. The molecule has 0 radical (unpaired) electrons. The number of nitrogens with two attached hydrogens (primary N) is 1. The molecule has 0 aliphatic carbocycles. The van der Waals surface area contributed by atoms with Crippen LogP contribution in [0, 0.1) is 0 Å². The first-order chi connectivity index (χ1) is 9.68. The molecule has 3 N–H and O–H groups in total. The maximum Gasteiger partial charge on any atom is 0.0722 e. The van der Waals surface area contributed by atoms with Gasteiger partial charge in [0, 0.05) is 6.04 Å². The minimum atomic E-state index is -0.429. The second kappa shape index (κ2) is 14.0. The largest absolute Gasteiger partial charge is 0.391 e. The Morgan fingerprint density at radius 3 is 2.10 bits per heavy atom. The first-order valence-corrected chi connectivity index (χ1v) is 7.34. The lowest BCUT2D eigenvalue weighted by Crippen LogP contribution is -2.30. The highest BCUT2D eigenvalue weighted by Gasteiger charge is 2.05. The maximum absolute atomic E-state index is 9.50. The summed E-state index contributed by atoms with van der Waals surface area (Å²) < 4.78 is 0. The van der Waals surface area contributed by atoms with Crippen LogP contribution >= 0.6 is 0 Å². The van der Waals surface area contributed by atoms with Gasteiger partial charge >= 0.3 is 0 Å². The minimum Gasteiger partial charge on any atom is -0.391 e. The number of rotatable bonds is 11. The van der Waals surface area contributed by atoms with Crippen molar-refractivity contribution in [2.75, 3.05) is 0 Å². The zero-order chi connectivity index (χ0) is 15.1. The fourth-order valence-electron chi connectivity index (χ4n) is 1.50. The van der Waals surface area contributed by atoms with Gasteiger partial charge in [-0.05, 0) is 39.0 Å². The Balaban J connectivity index is 3.50. The molecule has 0 fully saturated rings. The molecule has 2 atom stereocenters. The minimum absolute atomic E-state index is 0.160. The Kier molecular flexibility index (Phi) is 13.1. The van der Waals surface area contributed by atoms with Crippen LogP contribution in [0.3, 0.4) is 0 Å². The van der Waals surface area contributed by atoms with Crippen molar-refractivity contribution in [3.8, 4) is 0 Å². The fourth-order valence-corrected chi connectivity index (χ4v) is 1.50. The third-order valence-electron chi connectivity index (χ3n) is 2.80. The van der Waals surface area contributed by atoms with E-state index in [0.29, 0.717) is 6.42 Å². The van der Waals surface area contributed by atoms with Crippen molar-refractivity contribution in [1.82, 2.24) is 0 Å². The van der Waals surface area contributed by atoms with Gasteiger partial charge in [-0.25, -0.2) is 0 Å². The second-order valence-corrected chi connectivity index (χ2v) is 4.79. The molecule has 112 valence electrons. The fraction of sp³-hybridized carbons (Fsp3) is 0.444. The van der Waals surface area contributed by atoms with E-state index in [1.807, 2.05) is 19.1 Å². The topological polar surface area (TPSA) is 46.2 Å². The van der Waals surface area contributed by atoms with Gasteiger partial charge in [0.2, 0.25) is 0 Å². The molecular formula is C18H29NO. The van der Waals surface area contributed by atoms with Crippen molar-refractivity contribution in [3.63, 3.8) is 0 Å². The molecule has 0 aliphatic rings. The van der Waals surface area contributed by atoms with Gasteiger partial charge in [-0.3, -0.25) is 0 Å². The van der Waals surface area contributed by atoms with Crippen LogP contribution in [0.2, 0.25) is 0 Å². The van der Waals surface area contributed by atoms with Gasteiger partial charge in [0.05, 0.1) is 6.10 Å². The highest BCUT2D eigenvalue weighted by molar-refractivity contribution is 5.02. The van der Waals surface area contributed by atoms with Crippen molar-refractivity contribution in [3.05, 3.63) is 61.3 Å². The summed E-state index contributed by atoms with van der Waals surface area (Å²) in [4.78, 5) is 0. The molecule has 0 saturated heterocycles. The lowest BCUT2D eigenvalue weighted by atomic mass is 10.1. The van der Waals surface area contributed by atoms with Crippen LogP contribution in [-0.4, -0.2) is 17.3 Å². The number of hydrogen-bond donors (Lipinski definition) is 2. The molecule has 0 rings (SSSR count). The quantitative estimate of drug-likeness (QED) is 0.339.